The van der Waals surface area contributed by atoms with E-state index in [4.69, 9.17) is 5.73 Å². The summed E-state index contributed by atoms with van der Waals surface area (Å²) < 4.78 is 27.7. The van der Waals surface area contributed by atoms with E-state index in [1.54, 1.807) is 25.2 Å². The van der Waals surface area contributed by atoms with Crippen molar-refractivity contribution < 1.29 is 13.2 Å². The van der Waals surface area contributed by atoms with Gasteiger partial charge in [0.05, 0.1) is 6.54 Å². The lowest BCUT2D eigenvalue weighted by molar-refractivity contribution is -0.121. The lowest BCUT2D eigenvalue weighted by Gasteiger charge is -2.19. The number of nitrogens with zero attached hydrogens (tertiary/aromatic N) is 2. The van der Waals surface area contributed by atoms with Crippen LogP contribution in [0.5, 0.6) is 0 Å². The number of amidine groups is 1. The summed E-state index contributed by atoms with van der Waals surface area (Å²) in [6.45, 7) is 2.95. The van der Waals surface area contributed by atoms with Crippen LogP contribution < -0.4 is 11.1 Å². The van der Waals surface area contributed by atoms with Crippen LogP contribution in [0.2, 0.25) is 0 Å². The van der Waals surface area contributed by atoms with E-state index in [0.717, 1.165) is 0 Å². The zero-order valence-electron chi connectivity index (χ0n) is 12.6. The Bertz CT molecular complexity index is 700. The normalized spacial score (nSPS) is 16.6. The average Bonchev–Trinajstić information content (AvgIpc) is 2.77. The standard InChI is InChI=1S/C14H20N4O3S/c1-10(7-15)8-16-13(19)9-18(2)14-11-5-3-4-6-12(11)22(20,21)17-14/h3-6,10H,7-9,15H2,1-2H3,(H,16,19). The zero-order chi connectivity index (χ0) is 16.3. The van der Waals surface area contributed by atoms with Gasteiger partial charge in [0.15, 0.2) is 5.84 Å². The van der Waals surface area contributed by atoms with Crippen molar-refractivity contribution in [3.8, 4) is 0 Å². The van der Waals surface area contributed by atoms with E-state index < -0.39 is 10.0 Å². The van der Waals surface area contributed by atoms with Gasteiger partial charge in [-0.2, -0.15) is 8.42 Å². The molecule has 1 aliphatic heterocycles. The van der Waals surface area contributed by atoms with Gasteiger partial charge in [0.25, 0.3) is 10.0 Å². The fourth-order valence-corrected chi connectivity index (χ4v) is 3.33. The summed E-state index contributed by atoms with van der Waals surface area (Å²) in [7, 11) is -2.03. The van der Waals surface area contributed by atoms with Gasteiger partial charge >= 0.3 is 0 Å². The molecule has 0 aliphatic carbocycles. The third-order valence-corrected chi connectivity index (χ3v) is 4.73. The van der Waals surface area contributed by atoms with Crippen molar-refractivity contribution in [2.75, 3.05) is 26.7 Å². The van der Waals surface area contributed by atoms with Gasteiger partial charge in [-0.15, -0.1) is 4.40 Å². The third-order valence-electron chi connectivity index (χ3n) is 3.40. The number of carbonyl (C=O) groups is 1. The molecule has 1 atom stereocenters. The predicted molar refractivity (Wildman–Crippen MR) is 84.0 cm³/mol. The molecule has 1 heterocycles. The summed E-state index contributed by atoms with van der Waals surface area (Å²) in [5.74, 6) is 0.282. The number of hydrogen-bond donors (Lipinski definition) is 2. The van der Waals surface area contributed by atoms with Crippen molar-refractivity contribution in [1.82, 2.24) is 10.2 Å². The van der Waals surface area contributed by atoms with Crippen molar-refractivity contribution in [1.29, 1.82) is 0 Å². The smallest absolute Gasteiger partial charge is 0.285 e. The number of amides is 1. The molecule has 0 aromatic heterocycles. The summed E-state index contributed by atoms with van der Waals surface area (Å²) >= 11 is 0. The first-order chi connectivity index (χ1) is 10.3. The first-order valence-corrected chi connectivity index (χ1v) is 8.41. The summed E-state index contributed by atoms with van der Waals surface area (Å²) in [5, 5.41) is 2.77. The highest BCUT2D eigenvalue weighted by molar-refractivity contribution is 7.90. The molecular weight excluding hydrogens is 304 g/mol. The minimum atomic E-state index is -3.67. The van der Waals surface area contributed by atoms with Crippen LogP contribution in [0, 0.1) is 5.92 Å². The highest BCUT2D eigenvalue weighted by Gasteiger charge is 2.30. The number of carbonyl (C=O) groups excluding carboxylic acids is 1. The van der Waals surface area contributed by atoms with Crippen LogP contribution in [0.15, 0.2) is 33.6 Å². The van der Waals surface area contributed by atoms with E-state index in [-0.39, 0.29) is 29.1 Å². The van der Waals surface area contributed by atoms with Gasteiger partial charge in [0, 0.05) is 19.2 Å². The molecule has 22 heavy (non-hydrogen) atoms. The van der Waals surface area contributed by atoms with E-state index in [1.165, 1.54) is 11.0 Å². The molecule has 1 aliphatic rings. The SMILES string of the molecule is CC(CN)CNC(=O)CN(C)C1=NS(=O)(=O)c2ccccc21. The highest BCUT2D eigenvalue weighted by atomic mass is 32.2. The fraction of sp³-hybridized carbons (Fsp3) is 0.429. The van der Waals surface area contributed by atoms with Crippen molar-refractivity contribution in [2.45, 2.75) is 11.8 Å². The summed E-state index contributed by atoms with van der Waals surface area (Å²) in [4.78, 5) is 13.6. The Morgan fingerprint density at radius 2 is 2.09 bits per heavy atom. The Morgan fingerprint density at radius 3 is 2.77 bits per heavy atom. The van der Waals surface area contributed by atoms with Crippen LogP contribution in [0.3, 0.4) is 0 Å². The number of nitrogens with two attached hydrogens (primary N) is 1. The summed E-state index contributed by atoms with van der Waals surface area (Å²) in [5.41, 5.74) is 6.02. The fourth-order valence-electron chi connectivity index (χ4n) is 2.08. The molecule has 0 saturated carbocycles. The Kier molecular flexibility index (Phi) is 4.82. The van der Waals surface area contributed by atoms with Crippen molar-refractivity contribution in [3.05, 3.63) is 29.8 Å². The third kappa shape index (κ3) is 3.45. The maximum atomic E-state index is 12.0. The maximum Gasteiger partial charge on any atom is 0.285 e. The zero-order valence-corrected chi connectivity index (χ0v) is 13.4. The molecule has 3 N–H and O–H groups in total. The maximum absolute atomic E-state index is 12.0. The predicted octanol–water partition coefficient (Wildman–Crippen LogP) is -0.222. The van der Waals surface area contributed by atoms with Crippen LogP contribution in [0.4, 0.5) is 0 Å². The second-order valence-corrected chi connectivity index (χ2v) is 6.96. The van der Waals surface area contributed by atoms with Gasteiger partial charge in [-0.05, 0) is 24.6 Å². The molecular formula is C14H20N4O3S. The second-order valence-electron chi connectivity index (χ2n) is 5.39. The van der Waals surface area contributed by atoms with Gasteiger partial charge in [-0.25, -0.2) is 0 Å². The first-order valence-electron chi connectivity index (χ1n) is 6.97. The molecule has 1 aromatic rings. The second kappa shape index (κ2) is 6.45. The van der Waals surface area contributed by atoms with Crippen molar-refractivity contribution in [2.24, 2.45) is 16.0 Å². The lowest BCUT2D eigenvalue weighted by atomic mass is 10.2. The number of hydrogen-bond acceptors (Lipinski definition) is 5. The molecule has 0 spiro atoms. The molecule has 8 heteroatoms. The molecule has 1 unspecified atom stereocenters. The molecule has 2 rings (SSSR count). The number of fused-ring (bicyclic) bond motifs is 1. The monoisotopic (exact) mass is 324 g/mol. The van der Waals surface area contributed by atoms with Gasteiger partial charge < -0.3 is 16.0 Å². The van der Waals surface area contributed by atoms with Gasteiger partial charge in [0.2, 0.25) is 5.91 Å². The largest absolute Gasteiger partial charge is 0.354 e. The van der Waals surface area contributed by atoms with Crippen LogP contribution in [-0.2, 0) is 14.8 Å². The Morgan fingerprint density at radius 1 is 1.41 bits per heavy atom. The molecule has 120 valence electrons. The number of nitrogens with one attached hydrogen (secondary N) is 1. The Balaban J connectivity index is 2.08. The Labute approximate surface area is 130 Å². The van der Waals surface area contributed by atoms with Crippen LogP contribution >= 0.6 is 0 Å². The highest BCUT2D eigenvalue weighted by Crippen LogP contribution is 2.26. The minimum absolute atomic E-state index is 0.0278. The lowest BCUT2D eigenvalue weighted by Crippen LogP contribution is -2.40. The average molecular weight is 324 g/mol. The van der Waals surface area contributed by atoms with E-state index in [1.807, 2.05) is 6.92 Å². The van der Waals surface area contributed by atoms with Crippen LogP contribution in [-0.4, -0.2) is 51.7 Å². The summed E-state index contributed by atoms with van der Waals surface area (Å²) in [6, 6.07) is 6.59. The molecule has 1 amide bonds. The molecule has 0 bridgehead atoms. The quantitative estimate of drug-likeness (QED) is 0.779. The molecule has 0 saturated heterocycles. The van der Waals surface area contributed by atoms with Crippen LogP contribution in [0.25, 0.3) is 0 Å². The van der Waals surface area contributed by atoms with Crippen LogP contribution in [0.1, 0.15) is 12.5 Å². The molecule has 1 aromatic carbocycles. The van der Waals surface area contributed by atoms with Gasteiger partial charge in [-0.1, -0.05) is 19.1 Å². The van der Waals surface area contributed by atoms with E-state index in [2.05, 4.69) is 9.71 Å². The van der Waals surface area contributed by atoms with E-state index in [0.29, 0.717) is 18.7 Å². The molecule has 0 fully saturated rings. The molecule has 7 nitrogen and oxygen atoms in total. The number of likely N-dealkylation sites (N-methyl/N-ethyl adjacent to an activating group) is 1. The van der Waals surface area contributed by atoms with Gasteiger partial charge in [-0.3, -0.25) is 4.79 Å². The van der Waals surface area contributed by atoms with Crippen molar-refractivity contribution >= 4 is 21.8 Å². The van der Waals surface area contributed by atoms with Crippen molar-refractivity contribution in [3.63, 3.8) is 0 Å². The summed E-state index contributed by atoms with van der Waals surface area (Å²) in [6.07, 6.45) is 0. The number of benzene rings is 1. The van der Waals surface area contributed by atoms with Gasteiger partial charge in [0.1, 0.15) is 4.90 Å². The molecule has 0 radical (unpaired) electrons. The Hall–Kier alpha value is -1.93. The van der Waals surface area contributed by atoms with E-state index in [9.17, 15) is 13.2 Å². The number of sulfonamides is 1. The topological polar surface area (TPSA) is 105 Å². The first kappa shape index (κ1) is 16.4. The minimum Gasteiger partial charge on any atom is -0.354 e. The number of rotatable bonds is 5. The van der Waals surface area contributed by atoms with E-state index >= 15 is 0 Å².